The topological polar surface area (TPSA) is 79.2 Å². The minimum Gasteiger partial charge on any atom is -0.444 e. The summed E-state index contributed by atoms with van der Waals surface area (Å²) in [6.07, 6.45) is -0.700. The minimum atomic E-state index is -2.84. The predicted molar refractivity (Wildman–Crippen MR) is 140 cm³/mol. The molecule has 3 aromatic carbocycles. The average molecular weight is 473 g/mol. The lowest BCUT2D eigenvalue weighted by Gasteiger charge is -2.31. The molecular weight excluding hydrogens is 443 g/mol. The number of amides is 1. The largest absolute Gasteiger partial charge is 0.444 e. The number of carbonyl (C=O) groups is 2. The minimum absolute atomic E-state index is 0.125. The molecule has 0 saturated heterocycles. The summed E-state index contributed by atoms with van der Waals surface area (Å²) in [5.41, 5.74) is -0.705. The van der Waals surface area contributed by atoms with E-state index in [1.54, 1.807) is 27.7 Å². The van der Waals surface area contributed by atoms with E-state index in [9.17, 15) is 14.9 Å². The zero-order valence-electron chi connectivity index (χ0n) is 19.9. The Bertz CT molecular complexity index is 1140. The van der Waals surface area contributed by atoms with Gasteiger partial charge in [0.15, 0.2) is 5.78 Å². The molecule has 0 saturated carbocycles. The SMILES string of the molecule is C[C@H](NC(=O)OC(C)(C)C)C(=O)C(C#N)=P(c1ccccc1)(c1ccccc1)c1ccccc1. The molecule has 0 heterocycles. The summed E-state index contributed by atoms with van der Waals surface area (Å²) in [7, 11) is 0. The normalized spacial score (nSPS) is 12.2. The number of ketones is 1. The van der Waals surface area contributed by atoms with Crippen molar-refractivity contribution in [2.45, 2.75) is 39.3 Å². The summed E-state index contributed by atoms with van der Waals surface area (Å²) in [4.78, 5) is 26.2. The van der Waals surface area contributed by atoms with E-state index in [0.717, 1.165) is 15.9 Å². The van der Waals surface area contributed by atoms with Crippen LogP contribution in [-0.4, -0.2) is 28.8 Å². The number of hydrogen-bond acceptors (Lipinski definition) is 4. The van der Waals surface area contributed by atoms with Gasteiger partial charge in [0.05, 0.1) is 6.04 Å². The first kappa shape index (κ1) is 25.0. The van der Waals surface area contributed by atoms with E-state index < -0.39 is 30.4 Å². The fourth-order valence-electron chi connectivity index (χ4n) is 3.84. The Morgan fingerprint density at radius 1 is 0.824 bits per heavy atom. The molecular formula is C28H29N2O3P. The molecule has 0 spiro atoms. The number of alkyl carbamates (subject to hydrolysis) is 1. The van der Waals surface area contributed by atoms with Crippen molar-refractivity contribution in [2.75, 3.05) is 0 Å². The van der Waals surface area contributed by atoms with Crippen LogP contribution in [0, 0.1) is 11.3 Å². The highest BCUT2D eigenvalue weighted by molar-refractivity contribution is 7.97. The first-order chi connectivity index (χ1) is 16.2. The number of hydrogen-bond donors (Lipinski definition) is 1. The molecule has 6 heteroatoms. The molecule has 0 fully saturated rings. The fraction of sp³-hybridized carbons (Fsp3) is 0.214. The molecule has 0 aliphatic carbocycles. The third kappa shape index (κ3) is 5.30. The number of carbonyl (C=O) groups excluding carboxylic acids is 2. The molecule has 0 aliphatic rings. The molecule has 0 aliphatic heterocycles. The van der Waals surface area contributed by atoms with E-state index >= 15 is 0 Å². The zero-order valence-corrected chi connectivity index (χ0v) is 20.8. The fourth-order valence-corrected chi connectivity index (χ4v) is 8.04. The molecule has 0 aromatic heterocycles. The van der Waals surface area contributed by atoms with Gasteiger partial charge in [-0.2, -0.15) is 5.26 Å². The van der Waals surface area contributed by atoms with Gasteiger partial charge in [-0.1, -0.05) is 91.0 Å². The van der Waals surface area contributed by atoms with Crippen LogP contribution in [0.2, 0.25) is 0 Å². The number of benzene rings is 3. The van der Waals surface area contributed by atoms with Crippen molar-refractivity contribution in [2.24, 2.45) is 0 Å². The van der Waals surface area contributed by atoms with Crippen LogP contribution in [0.15, 0.2) is 91.0 Å². The Balaban J connectivity index is 2.31. The van der Waals surface area contributed by atoms with Gasteiger partial charge in [0.25, 0.3) is 0 Å². The maximum absolute atomic E-state index is 13.8. The highest BCUT2D eigenvalue weighted by Crippen LogP contribution is 2.46. The van der Waals surface area contributed by atoms with Crippen LogP contribution in [0.3, 0.4) is 0 Å². The summed E-state index contributed by atoms with van der Waals surface area (Å²) < 4.78 is 5.33. The summed E-state index contributed by atoms with van der Waals surface area (Å²) in [6, 6.07) is 30.3. The Labute approximate surface area is 201 Å². The second-order valence-corrected chi connectivity index (χ2v) is 12.2. The van der Waals surface area contributed by atoms with Crippen LogP contribution >= 0.6 is 6.89 Å². The van der Waals surface area contributed by atoms with Gasteiger partial charge < -0.3 is 10.1 Å². The number of nitriles is 1. The van der Waals surface area contributed by atoms with Gasteiger partial charge in [-0.3, -0.25) is 4.79 Å². The van der Waals surface area contributed by atoms with E-state index in [4.69, 9.17) is 4.74 Å². The first-order valence-corrected chi connectivity index (χ1v) is 12.9. The number of rotatable bonds is 6. The van der Waals surface area contributed by atoms with Crippen molar-refractivity contribution >= 4 is 40.0 Å². The summed E-state index contributed by atoms with van der Waals surface area (Å²) in [5, 5.41) is 15.9. The van der Waals surface area contributed by atoms with Gasteiger partial charge in [-0.15, -0.1) is 0 Å². The highest BCUT2D eigenvalue weighted by atomic mass is 31.2. The van der Waals surface area contributed by atoms with E-state index in [1.807, 2.05) is 91.0 Å². The molecule has 1 amide bonds. The molecule has 0 radical (unpaired) electrons. The van der Waals surface area contributed by atoms with Crippen molar-refractivity contribution in [3.8, 4) is 6.07 Å². The lowest BCUT2D eigenvalue weighted by atomic mass is 10.1. The van der Waals surface area contributed by atoms with Crippen LogP contribution in [0.4, 0.5) is 4.79 Å². The van der Waals surface area contributed by atoms with E-state index in [-0.39, 0.29) is 5.29 Å². The molecule has 3 aromatic rings. The smallest absolute Gasteiger partial charge is 0.408 e. The van der Waals surface area contributed by atoms with Gasteiger partial charge in [-0.25, -0.2) is 4.79 Å². The quantitative estimate of drug-likeness (QED) is 0.547. The van der Waals surface area contributed by atoms with E-state index in [0.29, 0.717) is 0 Å². The van der Waals surface area contributed by atoms with Crippen molar-refractivity contribution < 1.29 is 14.3 Å². The second kappa shape index (κ2) is 10.5. The lowest BCUT2D eigenvalue weighted by molar-refractivity contribution is -0.114. The molecule has 0 bridgehead atoms. The first-order valence-electron chi connectivity index (χ1n) is 11.1. The standard InChI is InChI=1S/C28H29N2O3P/c1-21(30-27(32)33-28(2,3)4)26(31)25(20-29)34(22-14-8-5-9-15-22,23-16-10-6-11-17-23)24-18-12-7-13-19-24/h5-19,21H,1-4H3,(H,30,32)/t21-/m0/s1. The van der Waals surface area contributed by atoms with Crippen LogP contribution in [0.1, 0.15) is 27.7 Å². The van der Waals surface area contributed by atoms with Gasteiger partial charge in [-0.05, 0) is 50.5 Å². The van der Waals surface area contributed by atoms with Gasteiger partial charge in [0.2, 0.25) is 0 Å². The Morgan fingerprint density at radius 3 is 1.53 bits per heavy atom. The van der Waals surface area contributed by atoms with Crippen molar-refractivity contribution in [1.82, 2.24) is 5.32 Å². The number of Topliss-reactive ketones (excluding diaryl/α,β-unsaturated/α-hetero) is 1. The molecule has 1 atom stereocenters. The van der Waals surface area contributed by atoms with Crippen LogP contribution in [0.25, 0.3) is 0 Å². The monoisotopic (exact) mass is 472 g/mol. The maximum Gasteiger partial charge on any atom is 0.408 e. The molecule has 174 valence electrons. The predicted octanol–water partition coefficient (Wildman–Crippen LogP) is 4.16. The number of nitrogens with zero attached hydrogens (tertiary/aromatic N) is 1. The highest BCUT2D eigenvalue weighted by Gasteiger charge is 2.35. The summed E-state index contributed by atoms with van der Waals surface area (Å²) in [6.45, 7) is 4.00. The lowest BCUT2D eigenvalue weighted by Crippen LogP contribution is -2.45. The van der Waals surface area contributed by atoms with Crippen LogP contribution in [-0.2, 0) is 9.53 Å². The van der Waals surface area contributed by atoms with E-state index in [1.165, 1.54) is 0 Å². The number of ether oxygens (including phenoxy) is 1. The number of nitrogens with one attached hydrogen (secondary N) is 1. The molecule has 0 unspecified atom stereocenters. The Morgan fingerprint density at radius 2 is 1.21 bits per heavy atom. The maximum atomic E-state index is 13.8. The van der Waals surface area contributed by atoms with Crippen LogP contribution < -0.4 is 21.2 Å². The van der Waals surface area contributed by atoms with Crippen molar-refractivity contribution in [1.29, 1.82) is 5.26 Å². The molecule has 3 rings (SSSR count). The second-order valence-electron chi connectivity index (χ2n) is 8.87. The van der Waals surface area contributed by atoms with Crippen molar-refractivity contribution in [3.63, 3.8) is 0 Å². The summed E-state index contributed by atoms with van der Waals surface area (Å²) in [5.74, 6) is -0.432. The molecule has 1 N–H and O–H groups in total. The summed E-state index contributed by atoms with van der Waals surface area (Å²) >= 11 is 0. The van der Waals surface area contributed by atoms with Crippen LogP contribution in [0.5, 0.6) is 0 Å². The van der Waals surface area contributed by atoms with Gasteiger partial charge in [0, 0.05) is 0 Å². The average Bonchev–Trinajstić information content (AvgIpc) is 2.82. The zero-order chi connectivity index (χ0) is 24.8. The molecule has 34 heavy (non-hydrogen) atoms. The van der Waals surface area contributed by atoms with E-state index in [2.05, 4.69) is 11.4 Å². The third-order valence-electron chi connectivity index (χ3n) is 5.23. The van der Waals surface area contributed by atoms with Crippen molar-refractivity contribution in [3.05, 3.63) is 91.0 Å². The third-order valence-corrected chi connectivity index (χ3v) is 9.44. The van der Waals surface area contributed by atoms with Gasteiger partial charge >= 0.3 is 6.09 Å². The van der Waals surface area contributed by atoms with Gasteiger partial charge in [0.1, 0.15) is 17.0 Å². The Hall–Kier alpha value is -3.61. The Kier molecular flexibility index (Phi) is 7.76. The molecule has 5 nitrogen and oxygen atoms in total.